The molecule has 52 heavy (non-hydrogen) atoms. The van der Waals surface area contributed by atoms with Crippen molar-refractivity contribution < 1.29 is 9.47 Å². The third kappa shape index (κ3) is 9.11. The van der Waals surface area contributed by atoms with Gasteiger partial charge >= 0.3 is 0 Å². The predicted octanol–water partition coefficient (Wildman–Crippen LogP) is 14.6. The second kappa shape index (κ2) is 17.2. The van der Waals surface area contributed by atoms with Crippen LogP contribution in [0.2, 0.25) is 0 Å². The number of fused-ring (bicyclic) bond motifs is 4. The normalized spacial score (nSPS) is 11.9. The number of rotatable bonds is 16. The molecule has 7 rings (SSSR count). The summed E-state index contributed by atoms with van der Waals surface area (Å²) in [7, 11) is 0. The molecule has 0 fully saturated rings. The lowest BCUT2D eigenvalue weighted by Crippen LogP contribution is -1.97. The van der Waals surface area contributed by atoms with Crippen molar-refractivity contribution in [2.75, 3.05) is 13.2 Å². The lowest BCUT2D eigenvalue weighted by atomic mass is 9.99. The number of unbranched alkanes of at least 4 members (excludes halogenated alkanes) is 6. The maximum Gasteiger partial charge on any atom is 0.119 e. The summed E-state index contributed by atoms with van der Waals surface area (Å²) in [6.07, 6.45) is 18.6. The topological polar surface area (TPSA) is 18.5 Å². The van der Waals surface area contributed by atoms with Crippen LogP contribution in [-0.2, 0) is 0 Å². The van der Waals surface area contributed by atoms with Crippen LogP contribution < -0.4 is 9.47 Å². The van der Waals surface area contributed by atoms with Gasteiger partial charge in [0.1, 0.15) is 11.5 Å². The van der Waals surface area contributed by atoms with Crippen LogP contribution in [0.15, 0.2) is 121 Å². The summed E-state index contributed by atoms with van der Waals surface area (Å²) in [6.45, 7) is 6.05. The van der Waals surface area contributed by atoms with Crippen LogP contribution in [0.5, 0.6) is 11.5 Å². The summed E-state index contributed by atoms with van der Waals surface area (Å²) in [5.41, 5.74) is 4.77. The molecule has 2 heteroatoms. The molecule has 0 radical (unpaired) electrons. The minimum atomic E-state index is 0.788. The van der Waals surface area contributed by atoms with Gasteiger partial charge in [-0.2, -0.15) is 0 Å². The average molecular weight is 683 g/mol. The Hall–Kier alpha value is -5.34. The minimum absolute atomic E-state index is 0.788. The van der Waals surface area contributed by atoms with Gasteiger partial charge in [-0.05, 0) is 139 Å². The van der Waals surface area contributed by atoms with Crippen molar-refractivity contribution in [1.82, 2.24) is 0 Å². The van der Waals surface area contributed by atoms with Crippen molar-refractivity contribution >= 4 is 67.4 Å². The first-order valence-electron chi connectivity index (χ1n) is 19.3. The second-order valence-electron chi connectivity index (χ2n) is 14.1. The number of hydrogen-bond donors (Lipinski definition) is 0. The zero-order valence-electron chi connectivity index (χ0n) is 30.7. The van der Waals surface area contributed by atoms with E-state index in [0.717, 1.165) is 37.6 Å². The Morgan fingerprint density at radius 3 is 1.04 bits per heavy atom. The monoisotopic (exact) mass is 682 g/mol. The lowest BCUT2D eigenvalue weighted by Gasteiger charge is -2.08. The molecule has 0 bridgehead atoms. The van der Waals surface area contributed by atoms with Gasteiger partial charge in [0.15, 0.2) is 0 Å². The fraction of sp³-hybridized carbons (Fsp3) is 0.240. The molecular weight excluding hydrogens is 633 g/mol. The zero-order valence-corrected chi connectivity index (χ0v) is 30.7. The highest BCUT2D eigenvalue weighted by atomic mass is 16.5. The molecule has 0 aliphatic carbocycles. The van der Waals surface area contributed by atoms with Crippen molar-refractivity contribution in [3.8, 4) is 11.5 Å². The third-order valence-electron chi connectivity index (χ3n) is 9.98. The SMILES string of the molecule is CCCCCCOc1ccc2cc(/C=C/c3ccc4cc5cc(/C=C/c6ccc7cc(OCCCCCC)ccc7c6)ccc5cc4c3)ccc2c1. The Labute approximate surface area is 309 Å². The Kier molecular flexibility index (Phi) is 11.6. The Morgan fingerprint density at radius 1 is 0.327 bits per heavy atom. The maximum absolute atomic E-state index is 6.00. The summed E-state index contributed by atoms with van der Waals surface area (Å²) in [6, 6.07) is 44.2. The van der Waals surface area contributed by atoms with Crippen LogP contribution in [0.25, 0.3) is 67.4 Å². The van der Waals surface area contributed by atoms with Crippen LogP contribution in [-0.4, -0.2) is 13.2 Å². The van der Waals surface area contributed by atoms with E-state index in [1.165, 1.54) is 104 Å². The highest BCUT2D eigenvalue weighted by Gasteiger charge is 2.04. The third-order valence-corrected chi connectivity index (χ3v) is 9.98. The van der Waals surface area contributed by atoms with Crippen molar-refractivity contribution in [2.45, 2.75) is 65.2 Å². The average Bonchev–Trinajstić information content (AvgIpc) is 3.18. The second-order valence-corrected chi connectivity index (χ2v) is 14.1. The molecular formula is C50H50O2. The fourth-order valence-corrected chi connectivity index (χ4v) is 6.94. The van der Waals surface area contributed by atoms with Gasteiger partial charge in [-0.25, -0.2) is 0 Å². The van der Waals surface area contributed by atoms with Crippen molar-refractivity contribution in [1.29, 1.82) is 0 Å². The van der Waals surface area contributed by atoms with E-state index in [-0.39, 0.29) is 0 Å². The minimum Gasteiger partial charge on any atom is -0.494 e. The lowest BCUT2D eigenvalue weighted by molar-refractivity contribution is 0.305. The van der Waals surface area contributed by atoms with Gasteiger partial charge < -0.3 is 9.47 Å². The maximum atomic E-state index is 6.00. The molecule has 262 valence electrons. The fourth-order valence-electron chi connectivity index (χ4n) is 6.94. The predicted molar refractivity (Wildman–Crippen MR) is 226 cm³/mol. The van der Waals surface area contributed by atoms with E-state index >= 15 is 0 Å². The molecule has 0 aliphatic rings. The van der Waals surface area contributed by atoms with Gasteiger partial charge in [-0.1, -0.05) is 137 Å². The molecule has 0 atom stereocenters. The van der Waals surface area contributed by atoms with Gasteiger partial charge in [0.05, 0.1) is 13.2 Å². The standard InChI is InChI=1S/C50H50O2/c1-3-5-7-9-27-51-49-25-23-41-29-37(17-21-45(41)35-49)11-13-39-15-19-43-34-48-32-40(16-20-44(48)33-47(43)31-39)14-12-38-18-22-46-36-50(26-24-42(46)30-38)52-28-10-8-6-4-2/h11-26,29-36H,3-10,27-28H2,1-2H3/b13-11+,14-12+. The first kappa shape index (κ1) is 35.1. The molecule has 0 aliphatic heterocycles. The molecule has 0 aromatic heterocycles. The van der Waals surface area contributed by atoms with E-state index in [1.54, 1.807) is 0 Å². The molecule has 7 aromatic carbocycles. The summed E-state index contributed by atoms with van der Waals surface area (Å²) in [5, 5.41) is 9.87. The van der Waals surface area contributed by atoms with Gasteiger partial charge in [0, 0.05) is 0 Å². The van der Waals surface area contributed by atoms with E-state index in [1.807, 2.05) is 0 Å². The first-order valence-corrected chi connectivity index (χ1v) is 19.3. The smallest absolute Gasteiger partial charge is 0.119 e. The molecule has 0 unspecified atom stereocenters. The molecule has 0 spiro atoms. The summed E-state index contributed by atoms with van der Waals surface area (Å²) in [4.78, 5) is 0. The van der Waals surface area contributed by atoms with Crippen molar-refractivity contribution in [2.24, 2.45) is 0 Å². The van der Waals surface area contributed by atoms with Crippen molar-refractivity contribution in [3.05, 3.63) is 144 Å². The van der Waals surface area contributed by atoms with E-state index in [2.05, 4.69) is 159 Å². The van der Waals surface area contributed by atoms with E-state index in [0.29, 0.717) is 0 Å². The molecule has 0 saturated carbocycles. The highest BCUT2D eigenvalue weighted by Crippen LogP contribution is 2.28. The molecule has 7 aromatic rings. The Bertz CT molecular complexity index is 2180. The largest absolute Gasteiger partial charge is 0.494 e. The van der Waals surface area contributed by atoms with Crippen molar-refractivity contribution in [3.63, 3.8) is 0 Å². The first-order chi connectivity index (χ1) is 25.6. The number of benzene rings is 7. The van der Waals surface area contributed by atoms with Crippen LogP contribution in [0, 0.1) is 0 Å². The van der Waals surface area contributed by atoms with Gasteiger partial charge in [-0.3, -0.25) is 0 Å². The van der Waals surface area contributed by atoms with Gasteiger partial charge in [0.25, 0.3) is 0 Å². The van der Waals surface area contributed by atoms with Gasteiger partial charge in [0.2, 0.25) is 0 Å². The molecule has 0 amide bonds. The van der Waals surface area contributed by atoms with E-state index < -0.39 is 0 Å². The van der Waals surface area contributed by atoms with E-state index in [4.69, 9.17) is 9.47 Å². The van der Waals surface area contributed by atoms with Gasteiger partial charge in [-0.15, -0.1) is 0 Å². The van der Waals surface area contributed by atoms with Crippen LogP contribution in [0.3, 0.4) is 0 Å². The summed E-state index contributed by atoms with van der Waals surface area (Å²) < 4.78 is 12.0. The molecule has 0 saturated heterocycles. The summed E-state index contributed by atoms with van der Waals surface area (Å²) in [5.74, 6) is 1.91. The van der Waals surface area contributed by atoms with E-state index in [9.17, 15) is 0 Å². The van der Waals surface area contributed by atoms with Crippen LogP contribution in [0.1, 0.15) is 87.5 Å². The van der Waals surface area contributed by atoms with Crippen LogP contribution >= 0.6 is 0 Å². The number of hydrogen-bond acceptors (Lipinski definition) is 2. The quantitative estimate of drug-likeness (QED) is 0.0574. The Morgan fingerprint density at radius 2 is 0.654 bits per heavy atom. The highest BCUT2D eigenvalue weighted by molar-refractivity contribution is 6.00. The Balaban J connectivity index is 0.996. The molecule has 0 N–H and O–H groups in total. The number of ether oxygens (including phenoxy) is 2. The zero-order chi connectivity index (χ0) is 35.5. The summed E-state index contributed by atoms with van der Waals surface area (Å²) >= 11 is 0. The van der Waals surface area contributed by atoms with Crippen LogP contribution in [0.4, 0.5) is 0 Å². The molecule has 0 heterocycles. The molecule has 2 nitrogen and oxygen atoms in total.